The van der Waals surface area contributed by atoms with E-state index in [4.69, 9.17) is 5.26 Å². The molecule has 0 aliphatic rings. The van der Waals surface area contributed by atoms with Crippen molar-refractivity contribution in [1.29, 1.82) is 5.26 Å². The fraction of sp³-hybridized carbons (Fsp3) is 0.0714. The molecule has 0 fully saturated rings. The second-order valence-corrected chi connectivity index (χ2v) is 6.76. The summed E-state index contributed by atoms with van der Waals surface area (Å²) in [5, 5.41) is 8.78. The van der Waals surface area contributed by atoms with Crippen LogP contribution in [0.25, 0.3) is 0 Å². The summed E-state index contributed by atoms with van der Waals surface area (Å²) in [6.07, 6.45) is 0. The number of sulfonamides is 1. The molecular formula is C14H11BrN2O2S. The SMILES string of the molecule is Cc1ccc(S(=O)(=O)Nc2ccc(C#N)cc2Br)cc1. The number of anilines is 1. The predicted octanol–water partition coefficient (Wildman–Crippen LogP) is 3.43. The van der Waals surface area contributed by atoms with Gasteiger partial charge in [-0.1, -0.05) is 17.7 Å². The molecule has 2 rings (SSSR count). The minimum atomic E-state index is -3.64. The molecule has 0 aromatic heterocycles. The Morgan fingerprint density at radius 2 is 1.80 bits per heavy atom. The molecule has 4 nitrogen and oxygen atoms in total. The van der Waals surface area contributed by atoms with Crippen LogP contribution in [0.15, 0.2) is 51.8 Å². The van der Waals surface area contributed by atoms with Crippen LogP contribution < -0.4 is 4.72 Å². The van der Waals surface area contributed by atoms with E-state index in [0.29, 0.717) is 15.7 Å². The number of benzene rings is 2. The molecule has 0 heterocycles. The average molecular weight is 351 g/mol. The second kappa shape index (κ2) is 5.65. The lowest BCUT2D eigenvalue weighted by molar-refractivity contribution is 0.601. The Balaban J connectivity index is 2.34. The van der Waals surface area contributed by atoms with Crippen LogP contribution in [-0.4, -0.2) is 8.42 Å². The van der Waals surface area contributed by atoms with Crippen LogP contribution in [-0.2, 0) is 10.0 Å². The maximum absolute atomic E-state index is 12.2. The molecule has 102 valence electrons. The van der Waals surface area contributed by atoms with E-state index in [0.717, 1.165) is 5.56 Å². The van der Waals surface area contributed by atoms with Gasteiger partial charge in [0.15, 0.2) is 0 Å². The quantitative estimate of drug-likeness (QED) is 0.921. The van der Waals surface area contributed by atoms with Crippen molar-refractivity contribution in [2.75, 3.05) is 4.72 Å². The molecule has 1 N–H and O–H groups in total. The summed E-state index contributed by atoms with van der Waals surface area (Å²) in [6.45, 7) is 1.89. The highest BCUT2D eigenvalue weighted by Crippen LogP contribution is 2.26. The summed E-state index contributed by atoms with van der Waals surface area (Å²) in [6, 6.07) is 13.2. The molecule has 0 saturated heterocycles. The van der Waals surface area contributed by atoms with Crippen molar-refractivity contribution in [3.63, 3.8) is 0 Å². The van der Waals surface area contributed by atoms with Crippen LogP contribution in [0.1, 0.15) is 11.1 Å². The van der Waals surface area contributed by atoms with Gasteiger partial charge < -0.3 is 0 Å². The lowest BCUT2D eigenvalue weighted by Crippen LogP contribution is -2.13. The van der Waals surface area contributed by atoms with Gasteiger partial charge in [-0.25, -0.2) is 8.42 Å². The molecule has 0 saturated carbocycles. The number of aryl methyl sites for hydroxylation is 1. The molecule has 0 aliphatic heterocycles. The monoisotopic (exact) mass is 350 g/mol. The van der Waals surface area contributed by atoms with E-state index < -0.39 is 10.0 Å². The standard InChI is InChI=1S/C14H11BrN2O2S/c1-10-2-5-12(6-3-10)20(18,19)17-14-7-4-11(9-16)8-13(14)15/h2-8,17H,1H3. The lowest BCUT2D eigenvalue weighted by Gasteiger charge is -2.10. The number of nitrogens with one attached hydrogen (secondary N) is 1. The van der Waals surface area contributed by atoms with Gasteiger partial charge >= 0.3 is 0 Å². The lowest BCUT2D eigenvalue weighted by atomic mass is 10.2. The summed E-state index contributed by atoms with van der Waals surface area (Å²) in [7, 11) is -3.64. The largest absolute Gasteiger partial charge is 0.278 e. The maximum Gasteiger partial charge on any atom is 0.261 e. The molecule has 0 bridgehead atoms. The van der Waals surface area contributed by atoms with E-state index in [9.17, 15) is 8.42 Å². The zero-order valence-corrected chi connectivity index (χ0v) is 13.0. The van der Waals surface area contributed by atoms with Crippen molar-refractivity contribution in [3.05, 3.63) is 58.1 Å². The number of hydrogen-bond donors (Lipinski definition) is 1. The van der Waals surface area contributed by atoms with E-state index in [1.807, 2.05) is 13.0 Å². The highest BCUT2D eigenvalue weighted by atomic mass is 79.9. The Labute approximate surface area is 126 Å². The Morgan fingerprint density at radius 3 is 2.35 bits per heavy atom. The maximum atomic E-state index is 12.2. The van der Waals surface area contributed by atoms with E-state index in [2.05, 4.69) is 20.7 Å². The van der Waals surface area contributed by atoms with Crippen molar-refractivity contribution in [1.82, 2.24) is 0 Å². The normalized spacial score (nSPS) is 10.8. The first-order chi connectivity index (χ1) is 9.42. The van der Waals surface area contributed by atoms with Crippen molar-refractivity contribution < 1.29 is 8.42 Å². The fourth-order valence-electron chi connectivity index (χ4n) is 1.59. The third-order valence-electron chi connectivity index (χ3n) is 2.67. The molecule has 0 spiro atoms. The van der Waals surface area contributed by atoms with Gasteiger partial charge in [0.25, 0.3) is 10.0 Å². The Hall–Kier alpha value is -1.84. The number of nitriles is 1. The Bertz CT molecular complexity index is 778. The topological polar surface area (TPSA) is 70.0 Å². The minimum Gasteiger partial charge on any atom is -0.278 e. The number of nitrogens with zero attached hydrogens (tertiary/aromatic N) is 1. The van der Waals surface area contributed by atoms with Crippen molar-refractivity contribution in [3.8, 4) is 6.07 Å². The van der Waals surface area contributed by atoms with Crippen molar-refractivity contribution >= 4 is 31.6 Å². The first kappa shape index (κ1) is 14.6. The highest BCUT2D eigenvalue weighted by molar-refractivity contribution is 9.10. The van der Waals surface area contributed by atoms with Gasteiger partial charge in [-0.2, -0.15) is 5.26 Å². The fourth-order valence-corrected chi connectivity index (χ4v) is 3.28. The van der Waals surface area contributed by atoms with E-state index in [1.165, 1.54) is 0 Å². The zero-order valence-electron chi connectivity index (χ0n) is 10.6. The third-order valence-corrected chi connectivity index (χ3v) is 4.71. The van der Waals surface area contributed by atoms with Crippen LogP contribution in [0.3, 0.4) is 0 Å². The summed E-state index contributed by atoms with van der Waals surface area (Å²) < 4.78 is 27.5. The van der Waals surface area contributed by atoms with Crippen LogP contribution in [0, 0.1) is 18.3 Å². The van der Waals surface area contributed by atoms with Crippen LogP contribution in [0.2, 0.25) is 0 Å². The Kier molecular flexibility index (Phi) is 4.12. The van der Waals surface area contributed by atoms with Crippen molar-refractivity contribution in [2.45, 2.75) is 11.8 Å². The van der Waals surface area contributed by atoms with Gasteiger partial charge in [0.05, 0.1) is 22.2 Å². The van der Waals surface area contributed by atoms with Gasteiger partial charge in [-0.15, -0.1) is 0 Å². The third kappa shape index (κ3) is 3.18. The van der Waals surface area contributed by atoms with E-state index >= 15 is 0 Å². The number of halogens is 1. The van der Waals surface area contributed by atoms with Gasteiger partial charge in [-0.05, 0) is 53.2 Å². The molecule has 20 heavy (non-hydrogen) atoms. The molecule has 0 radical (unpaired) electrons. The summed E-state index contributed by atoms with van der Waals surface area (Å²) in [5.74, 6) is 0. The summed E-state index contributed by atoms with van der Waals surface area (Å²) in [4.78, 5) is 0.194. The van der Waals surface area contributed by atoms with Crippen LogP contribution in [0.4, 0.5) is 5.69 Å². The molecule has 0 aliphatic carbocycles. The molecule has 2 aromatic carbocycles. The van der Waals surface area contributed by atoms with Gasteiger partial charge in [-0.3, -0.25) is 4.72 Å². The predicted molar refractivity (Wildman–Crippen MR) is 80.8 cm³/mol. The summed E-state index contributed by atoms with van der Waals surface area (Å²) in [5.41, 5.74) is 1.84. The first-order valence-electron chi connectivity index (χ1n) is 5.71. The van der Waals surface area contributed by atoms with Gasteiger partial charge in [0.2, 0.25) is 0 Å². The summed E-state index contributed by atoms with van der Waals surface area (Å²) >= 11 is 3.25. The van der Waals surface area contributed by atoms with E-state index in [1.54, 1.807) is 42.5 Å². The first-order valence-corrected chi connectivity index (χ1v) is 7.99. The molecule has 6 heteroatoms. The van der Waals surface area contributed by atoms with E-state index in [-0.39, 0.29) is 4.90 Å². The Morgan fingerprint density at radius 1 is 1.15 bits per heavy atom. The van der Waals surface area contributed by atoms with Crippen LogP contribution >= 0.6 is 15.9 Å². The minimum absolute atomic E-state index is 0.194. The number of rotatable bonds is 3. The molecular weight excluding hydrogens is 340 g/mol. The molecule has 2 aromatic rings. The number of hydrogen-bond acceptors (Lipinski definition) is 3. The second-order valence-electron chi connectivity index (χ2n) is 4.22. The van der Waals surface area contributed by atoms with Gasteiger partial charge in [0.1, 0.15) is 0 Å². The highest BCUT2D eigenvalue weighted by Gasteiger charge is 2.15. The molecule has 0 amide bonds. The average Bonchev–Trinajstić information content (AvgIpc) is 2.41. The molecule has 0 unspecified atom stereocenters. The van der Waals surface area contributed by atoms with Crippen LogP contribution in [0.5, 0.6) is 0 Å². The smallest absolute Gasteiger partial charge is 0.261 e. The van der Waals surface area contributed by atoms with Gasteiger partial charge in [0, 0.05) is 4.47 Å². The molecule has 0 atom stereocenters. The zero-order chi connectivity index (χ0) is 14.8. The van der Waals surface area contributed by atoms with Crippen molar-refractivity contribution in [2.24, 2.45) is 0 Å².